The van der Waals surface area contributed by atoms with Gasteiger partial charge in [0.1, 0.15) is 0 Å². The standard InChI is InChI=1S/C14H10N2O3S/c17-14(18)8-6-9(10-2-1-5-20-10)15-13-11(8)12(16-19-13)7-3-4-7/h1-2,5-7H,3-4H2,(H,17,18). The zero-order valence-electron chi connectivity index (χ0n) is 10.4. The number of nitrogens with zero attached hydrogens (tertiary/aromatic N) is 2. The number of aromatic carboxylic acids is 1. The molecule has 0 radical (unpaired) electrons. The molecule has 4 rings (SSSR count). The van der Waals surface area contributed by atoms with E-state index in [-0.39, 0.29) is 5.56 Å². The van der Waals surface area contributed by atoms with E-state index in [0.29, 0.717) is 22.7 Å². The Balaban J connectivity index is 2.00. The SMILES string of the molecule is O=C(O)c1cc(-c2cccs2)nc2onc(C3CC3)c12. The number of hydrogen-bond acceptors (Lipinski definition) is 5. The topological polar surface area (TPSA) is 76.2 Å². The fraction of sp³-hybridized carbons (Fsp3) is 0.214. The first kappa shape index (κ1) is 11.6. The van der Waals surface area contributed by atoms with E-state index in [1.54, 1.807) is 6.07 Å². The van der Waals surface area contributed by atoms with Crippen LogP contribution in [-0.2, 0) is 0 Å². The Labute approximate surface area is 117 Å². The molecule has 3 aromatic rings. The van der Waals surface area contributed by atoms with Crippen LogP contribution in [0.1, 0.15) is 34.8 Å². The summed E-state index contributed by atoms with van der Waals surface area (Å²) in [6, 6.07) is 5.42. The van der Waals surface area contributed by atoms with E-state index < -0.39 is 5.97 Å². The predicted molar refractivity (Wildman–Crippen MR) is 74.1 cm³/mol. The van der Waals surface area contributed by atoms with Crippen molar-refractivity contribution < 1.29 is 14.4 Å². The Morgan fingerprint density at radius 3 is 2.95 bits per heavy atom. The minimum absolute atomic E-state index is 0.224. The summed E-state index contributed by atoms with van der Waals surface area (Å²) in [5.41, 5.74) is 1.89. The second-order valence-corrected chi connectivity index (χ2v) is 5.81. The average molecular weight is 286 g/mol. The Morgan fingerprint density at radius 2 is 2.30 bits per heavy atom. The summed E-state index contributed by atoms with van der Waals surface area (Å²) in [5.74, 6) is -0.649. The molecule has 0 bridgehead atoms. The summed E-state index contributed by atoms with van der Waals surface area (Å²) in [5, 5.41) is 16.0. The van der Waals surface area contributed by atoms with Crippen molar-refractivity contribution in [2.45, 2.75) is 18.8 Å². The van der Waals surface area contributed by atoms with Crippen LogP contribution < -0.4 is 0 Å². The van der Waals surface area contributed by atoms with Crippen LogP contribution in [-0.4, -0.2) is 21.2 Å². The first-order valence-electron chi connectivity index (χ1n) is 6.31. The number of thiophene rings is 1. The summed E-state index contributed by atoms with van der Waals surface area (Å²) < 4.78 is 5.26. The molecule has 5 nitrogen and oxygen atoms in total. The largest absolute Gasteiger partial charge is 0.478 e. The van der Waals surface area contributed by atoms with Crippen molar-refractivity contribution in [1.82, 2.24) is 10.1 Å². The molecule has 1 saturated carbocycles. The number of carboxylic acids is 1. The van der Waals surface area contributed by atoms with E-state index in [4.69, 9.17) is 4.52 Å². The van der Waals surface area contributed by atoms with Crippen LogP contribution in [0.5, 0.6) is 0 Å². The van der Waals surface area contributed by atoms with Crippen molar-refractivity contribution in [3.8, 4) is 10.6 Å². The van der Waals surface area contributed by atoms with Gasteiger partial charge >= 0.3 is 5.97 Å². The molecule has 3 aromatic heterocycles. The molecule has 3 heterocycles. The Hall–Kier alpha value is -2.21. The van der Waals surface area contributed by atoms with Gasteiger partial charge in [0.15, 0.2) is 0 Å². The van der Waals surface area contributed by atoms with Gasteiger partial charge in [0, 0.05) is 5.92 Å². The third-order valence-electron chi connectivity index (χ3n) is 3.44. The average Bonchev–Trinajstić information content (AvgIpc) is 2.99. The van der Waals surface area contributed by atoms with E-state index in [2.05, 4.69) is 10.1 Å². The maximum Gasteiger partial charge on any atom is 0.336 e. The van der Waals surface area contributed by atoms with Gasteiger partial charge in [-0.1, -0.05) is 11.2 Å². The number of aromatic nitrogens is 2. The van der Waals surface area contributed by atoms with E-state index in [9.17, 15) is 9.90 Å². The molecule has 1 aliphatic carbocycles. The predicted octanol–water partition coefficient (Wildman–Crippen LogP) is 3.53. The van der Waals surface area contributed by atoms with Gasteiger partial charge in [0.05, 0.1) is 27.2 Å². The number of carboxylic acid groups (broad SMARTS) is 1. The molecule has 20 heavy (non-hydrogen) atoms. The molecule has 0 spiro atoms. The minimum Gasteiger partial charge on any atom is -0.478 e. The van der Waals surface area contributed by atoms with Gasteiger partial charge in [-0.25, -0.2) is 9.78 Å². The lowest BCUT2D eigenvalue weighted by atomic mass is 10.1. The van der Waals surface area contributed by atoms with Gasteiger partial charge in [-0.05, 0) is 30.4 Å². The van der Waals surface area contributed by atoms with Crippen LogP contribution >= 0.6 is 11.3 Å². The van der Waals surface area contributed by atoms with Gasteiger partial charge in [-0.15, -0.1) is 11.3 Å². The van der Waals surface area contributed by atoms with E-state index in [0.717, 1.165) is 23.4 Å². The first-order chi connectivity index (χ1) is 9.74. The van der Waals surface area contributed by atoms with Crippen LogP contribution in [0.4, 0.5) is 0 Å². The lowest BCUT2D eigenvalue weighted by molar-refractivity contribution is 0.0699. The molecule has 0 amide bonds. The zero-order chi connectivity index (χ0) is 13.7. The maximum absolute atomic E-state index is 11.5. The molecule has 0 atom stereocenters. The van der Waals surface area contributed by atoms with Crippen molar-refractivity contribution in [2.24, 2.45) is 0 Å². The van der Waals surface area contributed by atoms with Crippen molar-refractivity contribution >= 4 is 28.4 Å². The van der Waals surface area contributed by atoms with Crippen LogP contribution in [0, 0.1) is 0 Å². The molecule has 1 fully saturated rings. The Morgan fingerprint density at radius 1 is 1.45 bits per heavy atom. The van der Waals surface area contributed by atoms with Gasteiger partial charge in [0.25, 0.3) is 5.71 Å². The summed E-state index contributed by atoms with van der Waals surface area (Å²) in [7, 11) is 0. The minimum atomic E-state index is -0.972. The highest BCUT2D eigenvalue weighted by atomic mass is 32.1. The van der Waals surface area contributed by atoms with Crippen molar-refractivity contribution in [3.63, 3.8) is 0 Å². The molecule has 100 valence electrons. The van der Waals surface area contributed by atoms with Crippen molar-refractivity contribution in [3.05, 3.63) is 34.8 Å². The van der Waals surface area contributed by atoms with Crippen LogP contribution in [0.25, 0.3) is 21.7 Å². The van der Waals surface area contributed by atoms with Gasteiger partial charge in [0.2, 0.25) is 0 Å². The van der Waals surface area contributed by atoms with E-state index in [1.807, 2.05) is 17.5 Å². The number of rotatable bonds is 3. The smallest absolute Gasteiger partial charge is 0.336 e. The molecule has 1 aliphatic rings. The first-order valence-corrected chi connectivity index (χ1v) is 7.19. The quantitative estimate of drug-likeness (QED) is 0.797. The van der Waals surface area contributed by atoms with Crippen LogP contribution in [0.2, 0.25) is 0 Å². The third-order valence-corrected chi connectivity index (χ3v) is 4.33. The number of carbonyl (C=O) groups is 1. The zero-order valence-corrected chi connectivity index (χ0v) is 11.2. The highest BCUT2D eigenvalue weighted by Crippen LogP contribution is 2.43. The molecular formula is C14H10N2O3S. The van der Waals surface area contributed by atoms with Gasteiger partial charge < -0.3 is 9.63 Å². The lowest BCUT2D eigenvalue weighted by Gasteiger charge is -2.01. The number of pyridine rings is 1. The highest BCUT2D eigenvalue weighted by Gasteiger charge is 2.32. The molecule has 0 unspecified atom stereocenters. The molecule has 0 aromatic carbocycles. The second kappa shape index (κ2) is 4.14. The van der Waals surface area contributed by atoms with Gasteiger partial charge in [-0.2, -0.15) is 0 Å². The molecule has 0 aliphatic heterocycles. The summed E-state index contributed by atoms with van der Waals surface area (Å²) in [6.45, 7) is 0. The number of hydrogen-bond donors (Lipinski definition) is 1. The Bertz CT molecular complexity index is 803. The van der Waals surface area contributed by atoms with Crippen LogP contribution in [0.15, 0.2) is 28.1 Å². The maximum atomic E-state index is 11.5. The van der Waals surface area contributed by atoms with Crippen molar-refractivity contribution in [2.75, 3.05) is 0 Å². The van der Waals surface area contributed by atoms with Gasteiger partial charge in [-0.3, -0.25) is 0 Å². The summed E-state index contributed by atoms with van der Waals surface area (Å²) >= 11 is 1.51. The van der Waals surface area contributed by atoms with Crippen LogP contribution in [0.3, 0.4) is 0 Å². The van der Waals surface area contributed by atoms with Crippen molar-refractivity contribution in [1.29, 1.82) is 0 Å². The third kappa shape index (κ3) is 1.72. The molecule has 6 heteroatoms. The molecule has 1 N–H and O–H groups in total. The highest BCUT2D eigenvalue weighted by molar-refractivity contribution is 7.13. The fourth-order valence-electron chi connectivity index (χ4n) is 2.33. The summed E-state index contributed by atoms with van der Waals surface area (Å²) in [4.78, 5) is 16.9. The Kier molecular flexibility index (Phi) is 2.40. The van der Waals surface area contributed by atoms with E-state index >= 15 is 0 Å². The normalized spacial score (nSPS) is 14.8. The second-order valence-electron chi connectivity index (χ2n) is 4.86. The molecule has 0 saturated heterocycles. The molecular weight excluding hydrogens is 276 g/mol. The fourth-order valence-corrected chi connectivity index (χ4v) is 3.01. The lowest BCUT2D eigenvalue weighted by Crippen LogP contribution is -2.00. The van der Waals surface area contributed by atoms with E-state index in [1.165, 1.54) is 11.3 Å². The number of fused-ring (bicyclic) bond motifs is 1. The monoisotopic (exact) mass is 286 g/mol. The summed E-state index contributed by atoms with van der Waals surface area (Å²) in [6.07, 6.45) is 2.07.